The summed E-state index contributed by atoms with van der Waals surface area (Å²) in [5.41, 5.74) is 6.73. The van der Waals surface area contributed by atoms with Gasteiger partial charge in [-0.3, -0.25) is 0 Å². The average molecular weight is 255 g/mol. The molecule has 0 saturated heterocycles. The number of rotatable bonds is 7. The van der Waals surface area contributed by atoms with E-state index in [-0.39, 0.29) is 18.0 Å². The lowest BCUT2D eigenvalue weighted by Gasteiger charge is -2.14. The molecule has 0 aliphatic carbocycles. The molecule has 0 saturated carbocycles. The first-order valence-corrected chi connectivity index (χ1v) is 6.25. The highest BCUT2D eigenvalue weighted by molar-refractivity contribution is 5.30. The first kappa shape index (κ1) is 14.9. The van der Waals surface area contributed by atoms with Gasteiger partial charge in [-0.25, -0.2) is 4.39 Å². The summed E-state index contributed by atoms with van der Waals surface area (Å²) in [6.07, 6.45) is 1.51. The molecule has 2 atom stereocenters. The zero-order valence-electron chi connectivity index (χ0n) is 11.3. The number of hydrogen-bond donors (Lipinski definition) is 1. The number of ether oxygens (including phenoxy) is 2. The topological polar surface area (TPSA) is 44.5 Å². The lowest BCUT2D eigenvalue weighted by atomic mass is 10.0. The average Bonchev–Trinajstić information content (AvgIpc) is 2.35. The number of methoxy groups -OCH3 is 1. The van der Waals surface area contributed by atoms with Crippen molar-refractivity contribution in [2.24, 2.45) is 5.73 Å². The Labute approximate surface area is 108 Å². The van der Waals surface area contributed by atoms with Gasteiger partial charge in [0.2, 0.25) is 0 Å². The Morgan fingerprint density at radius 1 is 1.33 bits per heavy atom. The summed E-state index contributed by atoms with van der Waals surface area (Å²) in [6.45, 7) is 4.31. The minimum absolute atomic E-state index is 0.0189. The van der Waals surface area contributed by atoms with Crippen LogP contribution in [-0.4, -0.2) is 25.9 Å². The molecule has 1 aromatic carbocycles. The van der Waals surface area contributed by atoms with E-state index in [1.54, 1.807) is 7.11 Å². The maximum Gasteiger partial charge on any atom is 0.127 e. The van der Waals surface area contributed by atoms with Gasteiger partial charge in [0, 0.05) is 19.2 Å². The SMILES string of the molecule is CCC(N)Cc1cc(F)cc(OCC(C)OC)c1. The molecule has 0 fully saturated rings. The Bertz CT molecular complexity index is 371. The second kappa shape index (κ2) is 7.34. The Morgan fingerprint density at radius 2 is 2.06 bits per heavy atom. The lowest BCUT2D eigenvalue weighted by Crippen LogP contribution is -2.21. The molecule has 0 aromatic heterocycles. The summed E-state index contributed by atoms with van der Waals surface area (Å²) in [7, 11) is 1.62. The molecular weight excluding hydrogens is 233 g/mol. The van der Waals surface area contributed by atoms with Crippen LogP contribution in [0.1, 0.15) is 25.8 Å². The van der Waals surface area contributed by atoms with Gasteiger partial charge < -0.3 is 15.2 Å². The van der Waals surface area contributed by atoms with E-state index in [0.29, 0.717) is 18.8 Å². The van der Waals surface area contributed by atoms with Gasteiger partial charge in [-0.1, -0.05) is 6.92 Å². The van der Waals surface area contributed by atoms with Crippen molar-refractivity contribution >= 4 is 0 Å². The van der Waals surface area contributed by atoms with Gasteiger partial charge in [-0.2, -0.15) is 0 Å². The van der Waals surface area contributed by atoms with Crippen LogP contribution >= 0.6 is 0 Å². The third-order valence-corrected chi connectivity index (χ3v) is 2.84. The molecule has 0 bridgehead atoms. The molecule has 2 unspecified atom stereocenters. The van der Waals surface area contributed by atoms with Gasteiger partial charge in [0.15, 0.2) is 0 Å². The van der Waals surface area contributed by atoms with Crippen LogP contribution in [-0.2, 0) is 11.2 Å². The zero-order valence-corrected chi connectivity index (χ0v) is 11.3. The first-order valence-electron chi connectivity index (χ1n) is 6.25. The van der Waals surface area contributed by atoms with Crippen LogP contribution in [0.5, 0.6) is 5.75 Å². The normalized spacial score (nSPS) is 14.3. The predicted molar refractivity (Wildman–Crippen MR) is 70.3 cm³/mol. The number of benzene rings is 1. The molecule has 1 aromatic rings. The van der Waals surface area contributed by atoms with Crippen molar-refractivity contribution in [2.45, 2.75) is 38.8 Å². The fourth-order valence-electron chi connectivity index (χ4n) is 1.55. The van der Waals surface area contributed by atoms with Crippen LogP contribution in [0.3, 0.4) is 0 Å². The first-order chi connectivity index (χ1) is 8.55. The molecule has 3 nitrogen and oxygen atoms in total. The van der Waals surface area contributed by atoms with E-state index in [9.17, 15) is 4.39 Å². The largest absolute Gasteiger partial charge is 0.491 e. The molecule has 0 aliphatic rings. The van der Waals surface area contributed by atoms with Crippen LogP contribution in [0, 0.1) is 5.82 Å². The molecule has 18 heavy (non-hydrogen) atoms. The van der Waals surface area contributed by atoms with Gasteiger partial charge in [0.05, 0.1) is 6.10 Å². The van der Waals surface area contributed by atoms with Crippen molar-refractivity contribution in [1.29, 1.82) is 0 Å². The maximum atomic E-state index is 13.4. The minimum atomic E-state index is -0.295. The smallest absolute Gasteiger partial charge is 0.127 e. The van der Waals surface area contributed by atoms with E-state index in [1.165, 1.54) is 12.1 Å². The molecule has 0 radical (unpaired) electrons. The Kier molecular flexibility index (Phi) is 6.09. The zero-order chi connectivity index (χ0) is 13.5. The van der Waals surface area contributed by atoms with E-state index in [0.717, 1.165) is 12.0 Å². The van der Waals surface area contributed by atoms with Crippen molar-refractivity contribution in [1.82, 2.24) is 0 Å². The summed E-state index contributed by atoms with van der Waals surface area (Å²) < 4.78 is 24.0. The fourth-order valence-corrected chi connectivity index (χ4v) is 1.55. The van der Waals surface area contributed by atoms with E-state index < -0.39 is 0 Å². The Hall–Kier alpha value is -1.13. The van der Waals surface area contributed by atoms with Gasteiger partial charge in [0.1, 0.15) is 18.2 Å². The highest BCUT2D eigenvalue weighted by Gasteiger charge is 2.07. The summed E-state index contributed by atoms with van der Waals surface area (Å²) in [4.78, 5) is 0. The van der Waals surface area contributed by atoms with E-state index >= 15 is 0 Å². The summed E-state index contributed by atoms with van der Waals surface area (Å²) in [5, 5.41) is 0. The summed E-state index contributed by atoms with van der Waals surface area (Å²) in [6, 6.07) is 4.77. The van der Waals surface area contributed by atoms with Crippen LogP contribution in [0.4, 0.5) is 4.39 Å². The third-order valence-electron chi connectivity index (χ3n) is 2.84. The number of nitrogens with two attached hydrogens (primary N) is 1. The van der Waals surface area contributed by atoms with E-state index in [4.69, 9.17) is 15.2 Å². The standard InChI is InChI=1S/C14H22FNO2/c1-4-13(16)6-11-5-12(15)8-14(7-11)18-9-10(2)17-3/h5,7-8,10,13H,4,6,9,16H2,1-3H3. The van der Waals surface area contributed by atoms with Crippen molar-refractivity contribution in [3.63, 3.8) is 0 Å². The highest BCUT2D eigenvalue weighted by atomic mass is 19.1. The van der Waals surface area contributed by atoms with Crippen LogP contribution in [0.15, 0.2) is 18.2 Å². The Morgan fingerprint density at radius 3 is 2.67 bits per heavy atom. The summed E-state index contributed by atoms with van der Waals surface area (Å²) in [5.74, 6) is 0.230. The summed E-state index contributed by atoms with van der Waals surface area (Å²) >= 11 is 0. The molecule has 102 valence electrons. The van der Waals surface area contributed by atoms with Crippen molar-refractivity contribution in [2.75, 3.05) is 13.7 Å². The highest BCUT2D eigenvalue weighted by Crippen LogP contribution is 2.18. The monoisotopic (exact) mass is 255 g/mol. The van der Waals surface area contributed by atoms with Crippen molar-refractivity contribution in [3.05, 3.63) is 29.6 Å². The molecule has 0 spiro atoms. The molecule has 4 heteroatoms. The number of hydrogen-bond acceptors (Lipinski definition) is 3. The lowest BCUT2D eigenvalue weighted by molar-refractivity contribution is 0.0715. The predicted octanol–water partition coefficient (Wildman–Crippen LogP) is 2.52. The number of halogens is 1. The van der Waals surface area contributed by atoms with Crippen molar-refractivity contribution in [3.8, 4) is 5.75 Å². The van der Waals surface area contributed by atoms with Crippen LogP contribution < -0.4 is 10.5 Å². The second-order valence-corrected chi connectivity index (χ2v) is 4.52. The van der Waals surface area contributed by atoms with Crippen LogP contribution in [0.25, 0.3) is 0 Å². The second-order valence-electron chi connectivity index (χ2n) is 4.52. The molecule has 0 amide bonds. The fraction of sp³-hybridized carbons (Fsp3) is 0.571. The molecule has 0 heterocycles. The van der Waals surface area contributed by atoms with Gasteiger partial charge in [-0.05, 0) is 37.5 Å². The molecule has 1 rings (SSSR count). The third kappa shape index (κ3) is 5.02. The van der Waals surface area contributed by atoms with Crippen molar-refractivity contribution < 1.29 is 13.9 Å². The molecule has 2 N–H and O–H groups in total. The molecule has 0 aliphatic heterocycles. The maximum absolute atomic E-state index is 13.4. The van der Waals surface area contributed by atoms with E-state index in [2.05, 4.69) is 0 Å². The quantitative estimate of drug-likeness (QED) is 0.814. The molecular formula is C14H22FNO2. The van der Waals surface area contributed by atoms with Gasteiger partial charge >= 0.3 is 0 Å². The van der Waals surface area contributed by atoms with Gasteiger partial charge in [0.25, 0.3) is 0 Å². The van der Waals surface area contributed by atoms with Crippen LogP contribution in [0.2, 0.25) is 0 Å². The minimum Gasteiger partial charge on any atom is -0.491 e. The Balaban J connectivity index is 2.68. The van der Waals surface area contributed by atoms with E-state index in [1.807, 2.05) is 19.9 Å². The van der Waals surface area contributed by atoms with Gasteiger partial charge in [-0.15, -0.1) is 0 Å².